The number of benzene rings is 1. The summed E-state index contributed by atoms with van der Waals surface area (Å²) in [5.74, 6) is 2.01. The molecule has 2 N–H and O–H groups in total. The van der Waals surface area contributed by atoms with Crippen LogP contribution in [0.3, 0.4) is 0 Å². The van der Waals surface area contributed by atoms with Gasteiger partial charge in [0.25, 0.3) is 0 Å². The number of hydrazone groups is 1. The topological polar surface area (TPSA) is 54.9 Å². The van der Waals surface area contributed by atoms with Gasteiger partial charge in [-0.2, -0.15) is 5.10 Å². The molecule has 0 fully saturated rings. The molecular weight excluding hydrogens is 334 g/mol. The summed E-state index contributed by atoms with van der Waals surface area (Å²) in [6, 6.07) is 5.85. The molecule has 0 radical (unpaired) electrons. The van der Waals surface area contributed by atoms with E-state index in [1.54, 1.807) is 0 Å². The van der Waals surface area contributed by atoms with Crippen molar-refractivity contribution >= 4 is 23.0 Å². The molecule has 6 heteroatoms. The van der Waals surface area contributed by atoms with Crippen LogP contribution in [0.1, 0.15) is 32.3 Å². The molecule has 0 saturated carbocycles. The molecule has 1 aliphatic carbocycles. The maximum absolute atomic E-state index is 5.38. The lowest BCUT2D eigenvalue weighted by atomic mass is 9.85. The Morgan fingerprint density at radius 3 is 2.96 bits per heavy atom. The van der Waals surface area contributed by atoms with Crippen LogP contribution < -0.4 is 20.2 Å². The maximum Gasteiger partial charge on any atom is 0.231 e. The predicted octanol–water partition coefficient (Wildman–Crippen LogP) is 3.67. The number of allylic oxidation sites excluding steroid dienone is 3. The van der Waals surface area contributed by atoms with E-state index >= 15 is 0 Å². The summed E-state index contributed by atoms with van der Waals surface area (Å²) in [6.07, 6.45) is 4.15. The van der Waals surface area contributed by atoms with Crippen LogP contribution >= 0.6 is 12.2 Å². The number of fused-ring (bicyclic) bond motifs is 1. The van der Waals surface area contributed by atoms with Gasteiger partial charge in [-0.05, 0) is 68.1 Å². The molecule has 1 aliphatic heterocycles. The molecule has 0 bridgehead atoms. The summed E-state index contributed by atoms with van der Waals surface area (Å²) in [6.45, 7) is 9.09. The molecule has 5 nitrogen and oxygen atoms in total. The van der Waals surface area contributed by atoms with Gasteiger partial charge in [0.15, 0.2) is 16.6 Å². The fourth-order valence-electron chi connectivity index (χ4n) is 2.81. The van der Waals surface area contributed by atoms with E-state index in [0.717, 1.165) is 35.6 Å². The Kier molecular flexibility index (Phi) is 5.38. The largest absolute Gasteiger partial charge is 0.454 e. The monoisotopic (exact) mass is 357 g/mol. The molecule has 1 atom stereocenters. The highest BCUT2D eigenvalue weighted by atomic mass is 32.1. The van der Waals surface area contributed by atoms with E-state index in [2.05, 4.69) is 42.3 Å². The van der Waals surface area contributed by atoms with Gasteiger partial charge in [0.1, 0.15) is 0 Å². The van der Waals surface area contributed by atoms with Gasteiger partial charge >= 0.3 is 0 Å². The molecule has 0 spiro atoms. The van der Waals surface area contributed by atoms with Gasteiger partial charge in [0.05, 0.1) is 5.71 Å². The third-order valence-corrected chi connectivity index (χ3v) is 4.72. The van der Waals surface area contributed by atoms with Crippen molar-refractivity contribution in [3.63, 3.8) is 0 Å². The van der Waals surface area contributed by atoms with Crippen molar-refractivity contribution in [1.82, 2.24) is 10.7 Å². The molecule has 132 valence electrons. The number of hydrogen-bond acceptors (Lipinski definition) is 4. The van der Waals surface area contributed by atoms with E-state index in [4.69, 9.17) is 21.7 Å². The zero-order valence-corrected chi connectivity index (χ0v) is 15.4. The van der Waals surface area contributed by atoms with Gasteiger partial charge in [-0.1, -0.05) is 24.3 Å². The van der Waals surface area contributed by atoms with Gasteiger partial charge in [-0.25, -0.2) is 0 Å². The standard InChI is InChI=1S/C19H23N3O2S/c1-12(2)15-6-4-13(3)16(9-15)21-22-19(25)20-10-14-5-7-17-18(8-14)24-11-23-17/h4-5,7-8,15H,1,6,9-11H2,2-3H3,(H2,20,22,25)/b21-16-/t15-/m0/s1. The molecule has 3 rings (SSSR count). The molecular formula is C19H23N3O2S. The Morgan fingerprint density at radius 1 is 1.36 bits per heavy atom. The van der Waals surface area contributed by atoms with Gasteiger partial charge in [-0.3, -0.25) is 5.43 Å². The van der Waals surface area contributed by atoms with Crippen LogP contribution in [-0.4, -0.2) is 17.6 Å². The Balaban J connectivity index is 1.53. The summed E-state index contributed by atoms with van der Waals surface area (Å²) in [5.41, 5.74) is 7.44. The van der Waals surface area contributed by atoms with Crippen LogP contribution in [0.2, 0.25) is 0 Å². The lowest BCUT2D eigenvalue weighted by Gasteiger charge is -2.22. The molecule has 1 aromatic carbocycles. The average Bonchev–Trinajstić information content (AvgIpc) is 3.06. The van der Waals surface area contributed by atoms with Gasteiger partial charge in [0, 0.05) is 6.54 Å². The predicted molar refractivity (Wildman–Crippen MR) is 104 cm³/mol. The summed E-state index contributed by atoms with van der Waals surface area (Å²) in [5, 5.41) is 8.13. The molecule has 0 saturated heterocycles. The molecule has 0 amide bonds. The fourth-order valence-corrected chi connectivity index (χ4v) is 2.93. The lowest BCUT2D eigenvalue weighted by molar-refractivity contribution is 0.174. The summed E-state index contributed by atoms with van der Waals surface area (Å²) in [4.78, 5) is 0. The van der Waals surface area contributed by atoms with E-state index in [1.165, 1.54) is 11.1 Å². The lowest BCUT2D eigenvalue weighted by Crippen LogP contribution is -2.32. The van der Waals surface area contributed by atoms with Crippen molar-refractivity contribution in [2.24, 2.45) is 11.0 Å². The summed E-state index contributed by atoms with van der Waals surface area (Å²) < 4.78 is 10.7. The van der Waals surface area contributed by atoms with E-state index in [0.29, 0.717) is 17.6 Å². The minimum atomic E-state index is 0.279. The molecule has 1 heterocycles. The normalized spacial score (nSPS) is 20.2. The van der Waals surface area contributed by atoms with Crippen LogP contribution in [0.4, 0.5) is 0 Å². The van der Waals surface area contributed by atoms with Crippen molar-refractivity contribution in [2.75, 3.05) is 6.79 Å². The Hall–Kier alpha value is -2.34. The van der Waals surface area contributed by atoms with Crippen molar-refractivity contribution in [1.29, 1.82) is 0 Å². The van der Waals surface area contributed by atoms with Crippen molar-refractivity contribution < 1.29 is 9.47 Å². The first-order chi connectivity index (χ1) is 12.0. The number of thiocarbonyl (C=S) groups is 1. The van der Waals surface area contributed by atoms with E-state index in [9.17, 15) is 0 Å². The summed E-state index contributed by atoms with van der Waals surface area (Å²) >= 11 is 5.32. The quantitative estimate of drug-likeness (QED) is 0.489. The SMILES string of the molecule is C=C(C)[C@H]1CC=C(C)/C(=N\NC(=S)NCc2ccc3c(c2)OCO3)C1. The fraction of sp³-hybridized carbons (Fsp3) is 0.368. The third-order valence-electron chi connectivity index (χ3n) is 4.48. The Morgan fingerprint density at radius 2 is 2.16 bits per heavy atom. The summed E-state index contributed by atoms with van der Waals surface area (Å²) in [7, 11) is 0. The second-order valence-corrected chi connectivity index (χ2v) is 6.82. The minimum absolute atomic E-state index is 0.279. The molecule has 0 aromatic heterocycles. The first kappa shape index (κ1) is 17.5. The number of hydrogen-bond donors (Lipinski definition) is 2. The zero-order valence-electron chi connectivity index (χ0n) is 14.6. The highest BCUT2D eigenvalue weighted by Gasteiger charge is 2.18. The smallest absolute Gasteiger partial charge is 0.231 e. The van der Waals surface area contributed by atoms with Crippen molar-refractivity contribution in [3.8, 4) is 11.5 Å². The highest BCUT2D eigenvalue weighted by Crippen LogP contribution is 2.32. The molecule has 2 aliphatic rings. The van der Waals surface area contributed by atoms with Crippen LogP contribution in [0.25, 0.3) is 0 Å². The second-order valence-electron chi connectivity index (χ2n) is 6.41. The van der Waals surface area contributed by atoms with Gasteiger partial charge in [-0.15, -0.1) is 0 Å². The number of rotatable bonds is 4. The highest BCUT2D eigenvalue weighted by molar-refractivity contribution is 7.80. The van der Waals surface area contributed by atoms with E-state index in [1.807, 2.05) is 18.2 Å². The molecule has 1 aromatic rings. The van der Waals surface area contributed by atoms with Crippen LogP contribution in [0, 0.1) is 5.92 Å². The first-order valence-corrected chi connectivity index (χ1v) is 8.75. The van der Waals surface area contributed by atoms with Crippen LogP contribution in [-0.2, 0) is 6.54 Å². The van der Waals surface area contributed by atoms with Crippen LogP contribution in [0.5, 0.6) is 11.5 Å². The number of nitrogens with zero attached hydrogens (tertiary/aromatic N) is 1. The average molecular weight is 357 g/mol. The third kappa shape index (κ3) is 4.39. The first-order valence-electron chi connectivity index (χ1n) is 8.34. The molecule has 0 unspecified atom stereocenters. The van der Waals surface area contributed by atoms with Crippen molar-refractivity contribution in [2.45, 2.75) is 33.2 Å². The maximum atomic E-state index is 5.38. The second kappa shape index (κ2) is 7.70. The Bertz CT molecular complexity index is 755. The zero-order chi connectivity index (χ0) is 17.8. The Labute approximate surface area is 153 Å². The van der Waals surface area contributed by atoms with Crippen molar-refractivity contribution in [3.05, 3.63) is 47.6 Å². The molecule has 25 heavy (non-hydrogen) atoms. The van der Waals surface area contributed by atoms with E-state index in [-0.39, 0.29) is 6.79 Å². The number of nitrogens with one attached hydrogen (secondary N) is 2. The van der Waals surface area contributed by atoms with Crippen LogP contribution in [0.15, 0.2) is 47.1 Å². The van der Waals surface area contributed by atoms with E-state index < -0.39 is 0 Å². The number of ether oxygens (including phenoxy) is 2. The van der Waals surface area contributed by atoms with Gasteiger partial charge in [0.2, 0.25) is 6.79 Å². The minimum Gasteiger partial charge on any atom is -0.454 e. The van der Waals surface area contributed by atoms with Gasteiger partial charge < -0.3 is 14.8 Å².